The lowest BCUT2D eigenvalue weighted by Crippen LogP contribution is -2.40. The molecule has 1 aromatic heterocycles. The number of aromatic nitrogens is 2. The molecule has 25 heavy (non-hydrogen) atoms. The fourth-order valence-corrected chi connectivity index (χ4v) is 3.56. The molecular weight excluding hydrogens is 338 g/mol. The van der Waals surface area contributed by atoms with Crippen molar-refractivity contribution in [3.63, 3.8) is 0 Å². The monoisotopic (exact) mass is 361 g/mol. The van der Waals surface area contributed by atoms with E-state index in [-0.39, 0.29) is 30.5 Å². The van der Waals surface area contributed by atoms with Crippen molar-refractivity contribution in [2.24, 2.45) is 5.92 Å². The van der Waals surface area contributed by atoms with Gasteiger partial charge in [0.25, 0.3) is 5.56 Å². The van der Waals surface area contributed by atoms with Crippen LogP contribution in [0.1, 0.15) is 26.2 Å². The van der Waals surface area contributed by atoms with Gasteiger partial charge in [-0.1, -0.05) is 12.1 Å². The number of para-hydroxylation sites is 1. The molecule has 1 saturated heterocycles. The summed E-state index contributed by atoms with van der Waals surface area (Å²) in [4.78, 5) is 27.9. The quantitative estimate of drug-likeness (QED) is 0.802. The minimum absolute atomic E-state index is 0.0616. The van der Waals surface area contributed by atoms with Crippen molar-refractivity contribution in [2.75, 3.05) is 13.2 Å². The molecule has 2 aromatic rings. The van der Waals surface area contributed by atoms with Crippen molar-refractivity contribution >= 4 is 29.0 Å². The number of hydrogen-bond acceptors (Lipinski definition) is 4. The number of nitrogens with zero attached hydrogens (tertiary/aromatic N) is 1. The summed E-state index contributed by atoms with van der Waals surface area (Å²) in [5.74, 6) is 0.386. The zero-order valence-corrected chi connectivity index (χ0v) is 15.1. The first-order chi connectivity index (χ1) is 12.1. The SMILES string of the molecule is CC(NC(=O)CCn1c(=S)[nH]c2ccccc2c1=O)C1CCOCC1. The summed E-state index contributed by atoms with van der Waals surface area (Å²) < 4.78 is 7.15. The molecule has 0 aliphatic carbocycles. The average molecular weight is 361 g/mol. The second kappa shape index (κ2) is 7.93. The number of hydrogen-bond donors (Lipinski definition) is 2. The van der Waals surface area contributed by atoms with E-state index in [1.54, 1.807) is 6.07 Å². The third kappa shape index (κ3) is 4.16. The standard InChI is InChI=1S/C18H23N3O3S/c1-12(13-7-10-24-11-8-13)19-16(22)6-9-21-17(23)14-4-2-3-5-15(14)20-18(21)25/h2-5,12-13H,6-11H2,1H3,(H,19,22)(H,20,25). The summed E-state index contributed by atoms with van der Waals surface area (Å²) in [6.07, 6.45) is 2.16. The van der Waals surface area contributed by atoms with Gasteiger partial charge < -0.3 is 15.0 Å². The molecule has 1 aliphatic rings. The van der Waals surface area contributed by atoms with Gasteiger partial charge in [0.2, 0.25) is 5.91 Å². The van der Waals surface area contributed by atoms with Crippen LogP contribution in [0.2, 0.25) is 0 Å². The van der Waals surface area contributed by atoms with Gasteiger partial charge in [-0.2, -0.15) is 0 Å². The van der Waals surface area contributed by atoms with Crippen LogP contribution >= 0.6 is 12.2 Å². The van der Waals surface area contributed by atoms with Gasteiger partial charge in [-0.25, -0.2) is 0 Å². The fraction of sp³-hybridized carbons (Fsp3) is 0.500. The molecule has 2 heterocycles. The van der Waals surface area contributed by atoms with E-state index in [1.807, 2.05) is 25.1 Å². The number of aromatic amines is 1. The molecule has 0 bridgehead atoms. The Labute approximate surface area is 151 Å². The first-order valence-corrected chi connectivity index (χ1v) is 9.06. The largest absolute Gasteiger partial charge is 0.381 e. The molecule has 1 aromatic carbocycles. The van der Waals surface area contributed by atoms with Gasteiger partial charge in [-0.15, -0.1) is 0 Å². The first kappa shape index (κ1) is 17.8. The van der Waals surface area contributed by atoms with Gasteiger partial charge in [0, 0.05) is 32.2 Å². The Kier molecular flexibility index (Phi) is 5.65. The van der Waals surface area contributed by atoms with Crippen LogP contribution in [0.15, 0.2) is 29.1 Å². The molecule has 1 amide bonds. The molecule has 134 valence electrons. The highest BCUT2D eigenvalue weighted by Gasteiger charge is 2.21. The van der Waals surface area contributed by atoms with Crippen molar-refractivity contribution in [2.45, 2.75) is 38.8 Å². The molecule has 0 spiro atoms. The van der Waals surface area contributed by atoms with Crippen molar-refractivity contribution in [1.82, 2.24) is 14.9 Å². The van der Waals surface area contributed by atoms with Crippen molar-refractivity contribution in [3.8, 4) is 0 Å². The lowest BCUT2D eigenvalue weighted by Gasteiger charge is -2.28. The van der Waals surface area contributed by atoms with Crippen molar-refractivity contribution < 1.29 is 9.53 Å². The smallest absolute Gasteiger partial charge is 0.262 e. The number of carbonyl (C=O) groups is 1. The zero-order chi connectivity index (χ0) is 17.8. The first-order valence-electron chi connectivity index (χ1n) is 8.65. The minimum atomic E-state index is -0.162. The summed E-state index contributed by atoms with van der Waals surface area (Å²) in [5.41, 5.74) is 0.552. The number of carbonyl (C=O) groups excluding carboxylic acids is 1. The molecule has 1 fully saturated rings. The Morgan fingerprint density at radius 2 is 2.12 bits per heavy atom. The van der Waals surface area contributed by atoms with Crippen molar-refractivity contribution in [3.05, 3.63) is 39.4 Å². The van der Waals surface area contributed by atoms with Crippen LogP contribution < -0.4 is 10.9 Å². The van der Waals surface area contributed by atoms with E-state index in [4.69, 9.17) is 17.0 Å². The van der Waals surface area contributed by atoms with E-state index in [2.05, 4.69) is 10.3 Å². The van der Waals surface area contributed by atoms with Crippen LogP contribution in [0.3, 0.4) is 0 Å². The number of fused-ring (bicyclic) bond motifs is 1. The molecule has 3 rings (SSSR count). The van der Waals surface area contributed by atoms with E-state index in [0.717, 1.165) is 26.1 Å². The predicted molar refractivity (Wildman–Crippen MR) is 99.2 cm³/mol. The maximum absolute atomic E-state index is 12.6. The number of benzene rings is 1. The number of ether oxygens (including phenoxy) is 1. The Morgan fingerprint density at radius 3 is 2.88 bits per heavy atom. The molecular formula is C18H23N3O3S. The second-order valence-corrected chi connectivity index (χ2v) is 6.88. The molecule has 1 aliphatic heterocycles. The third-order valence-electron chi connectivity index (χ3n) is 4.81. The lowest BCUT2D eigenvalue weighted by atomic mass is 9.93. The number of H-pyrrole nitrogens is 1. The van der Waals surface area contributed by atoms with E-state index < -0.39 is 0 Å². The van der Waals surface area contributed by atoms with Gasteiger partial charge in [0.15, 0.2) is 4.77 Å². The van der Waals surface area contributed by atoms with Crippen LogP contribution in [0.4, 0.5) is 0 Å². The predicted octanol–water partition coefficient (Wildman–Crippen LogP) is 2.38. The minimum Gasteiger partial charge on any atom is -0.381 e. The van der Waals surface area contributed by atoms with Crippen LogP contribution in [0.5, 0.6) is 0 Å². The topological polar surface area (TPSA) is 76.1 Å². The van der Waals surface area contributed by atoms with E-state index in [0.29, 0.717) is 21.6 Å². The lowest BCUT2D eigenvalue weighted by molar-refractivity contribution is -0.122. The van der Waals surface area contributed by atoms with Gasteiger partial charge >= 0.3 is 0 Å². The van der Waals surface area contributed by atoms with E-state index in [1.165, 1.54) is 4.57 Å². The maximum atomic E-state index is 12.6. The van der Waals surface area contributed by atoms with Gasteiger partial charge in [0.05, 0.1) is 10.9 Å². The molecule has 1 unspecified atom stereocenters. The summed E-state index contributed by atoms with van der Waals surface area (Å²) in [6, 6.07) is 7.35. The van der Waals surface area contributed by atoms with Crippen LogP contribution in [0, 0.1) is 10.7 Å². The van der Waals surface area contributed by atoms with Crippen LogP contribution in [0.25, 0.3) is 10.9 Å². The van der Waals surface area contributed by atoms with E-state index in [9.17, 15) is 9.59 Å². The highest BCUT2D eigenvalue weighted by Crippen LogP contribution is 2.18. The maximum Gasteiger partial charge on any atom is 0.262 e. The Balaban J connectivity index is 1.65. The fourth-order valence-electron chi connectivity index (χ4n) is 3.28. The summed E-state index contributed by atoms with van der Waals surface area (Å²) >= 11 is 5.27. The van der Waals surface area contributed by atoms with Gasteiger partial charge in [-0.05, 0) is 50.0 Å². The number of rotatable bonds is 5. The van der Waals surface area contributed by atoms with Gasteiger partial charge in [0.1, 0.15) is 0 Å². The van der Waals surface area contributed by atoms with Gasteiger partial charge in [-0.3, -0.25) is 14.2 Å². The average Bonchev–Trinajstić information content (AvgIpc) is 2.62. The molecule has 1 atom stereocenters. The Bertz CT molecular complexity index is 868. The highest BCUT2D eigenvalue weighted by atomic mass is 32.1. The Morgan fingerprint density at radius 1 is 1.40 bits per heavy atom. The highest BCUT2D eigenvalue weighted by molar-refractivity contribution is 7.71. The van der Waals surface area contributed by atoms with Crippen LogP contribution in [-0.4, -0.2) is 34.7 Å². The summed E-state index contributed by atoms with van der Waals surface area (Å²) in [7, 11) is 0. The molecule has 0 saturated carbocycles. The molecule has 7 heteroatoms. The third-order valence-corrected chi connectivity index (χ3v) is 5.14. The van der Waals surface area contributed by atoms with E-state index >= 15 is 0 Å². The summed E-state index contributed by atoms with van der Waals surface area (Å²) in [5, 5.41) is 3.62. The molecule has 6 nitrogen and oxygen atoms in total. The molecule has 2 N–H and O–H groups in total. The summed E-state index contributed by atoms with van der Waals surface area (Å²) in [6.45, 7) is 3.81. The number of amides is 1. The second-order valence-electron chi connectivity index (χ2n) is 6.49. The zero-order valence-electron chi connectivity index (χ0n) is 14.3. The van der Waals surface area contributed by atoms with Crippen LogP contribution in [-0.2, 0) is 16.1 Å². The van der Waals surface area contributed by atoms with Crippen molar-refractivity contribution in [1.29, 1.82) is 0 Å². The Hall–Kier alpha value is -1.99. The normalized spacial score (nSPS) is 16.7. The number of nitrogens with one attached hydrogen (secondary N) is 2. The molecule has 0 radical (unpaired) electrons.